The van der Waals surface area contributed by atoms with Crippen LogP contribution in [0, 0.1) is 5.41 Å². The second-order valence-electron chi connectivity index (χ2n) is 9.66. The largest absolute Gasteiger partial charge is 0.354 e. The number of pyridine rings is 1. The Morgan fingerprint density at radius 2 is 1.95 bits per heavy atom. The molecule has 1 atom stereocenters. The monoisotopic (exact) mass is 497 g/mol. The molecule has 3 aromatic rings. The molecule has 0 spiro atoms. The van der Waals surface area contributed by atoms with Gasteiger partial charge in [0.25, 0.3) is 0 Å². The van der Waals surface area contributed by atoms with Gasteiger partial charge in [0.1, 0.15) is 5.84 Å². The predicted molar refractivity (Wildman–Crippen MR) is 147 cm³/mol. The summed E-state index contributed by atoms with van der Waals surface area (Å²) in [4.78, 5) is 18.2. The maximum Gasteiger partial charge on any atom is 0.227 e. The molecule has 1 unspecified atom stereocenters. The average molecular weight is 498 g/mol. The molecule has 2 aromatic heterocycles. The summed E-state index contributed by atoms with van der Waals surface area (Å²) in [6.07, 6.45) is 7.55. The molecule has 9 heteroatoms. The Morgan fingerprint density at radius 3 is 2.68 bits per heavy atom. The molecule has 0 bridgehead atoms. The second kappa shape index (κ2) is 11.1. The normalized spacial score (nSPS) is 18.3. The summed E-state index contributed by atoms with van der Waals surface area (Å²) in [5.41, 5.74) is 8.27. The summed E-state index contributed by atoms with van der Waals surface area (Å²) in [7, 11) is 0. The highest BCUT2D eigenvalue weighted by atomic mass is 15.5. The van der Waals surface area contributed by atoms with E-state index in [0.717, 1.165) is 60.8 Å². The Balaban J connectivity index is 1.32. The van der Waals surface area contributed by atoms with E-state index in [2.05, 4.69) is 68.6 Å². The zero-order chi connectivity index (χ0) is 25.8. The van der Waals surface area contributed by atoms with Crippen molar-refractivity contribution in [1.29, 1.82) is 5.41 Å². The van der Waals surface area contributed by atoms with Gasteiger partial charge in [0.2, 0.25) is 5.95 Å². The van der Waals surface area contributed by atoms with Gasteiger partial charge in [0.05, 0.1) is 11.7 Å². The van der Waals surface area contributed by atoms with Crippen LogP contribution in [0.2, 0.25) is 0 Å². The predicted octanol–water partition coefficient (Wildman–Crippen LogP) is 3.89. The average Bonchev–Trinajstić information content (AvgIpc) is 3.38. The van der Waals surface area contributed by atoms with E-state index in [1.54, 1.807) is 12.4 Å². The fraction of sp³-hybridized carbons (Fsp3) is 0.357. The second-order valence-corrected chi connectivity index (χ2v) is 9.66. The van der Waals surface area contributed by atoms with Gasteiger partial charge in [-0.05, 0) is 50.6 Å². The highest BCUT2D eigenvalue weighted by Gasteiger charge is 2.27. The molecule has 3 N–H and O–H groups in total. The van der Waals surface area contributed by atoms with E-state index in [-0.39, 0.29) is 6.04 Å². The van der Waals surface area contributed by atoms with E-state index in [0.29, 0.717) is 17.8 Å². The Bertz CT molecular complexity index is 1250. The van der Waals surface area contributed by atoms with E-state index in [9.17, 15) is 0 Å². The lowest BCUT2D eigenvalue weighted by Crippen LogP contribution is -2.50. The first kappa shape index (κ1) is 24.9. The standard InChI is InChI=1S/C28H35N9/c1-4-37-19-24(26(34-37)22-8-6-11-30-18-22)25-10-12-31-28(33-25)32-23-9-5-7-21(17-23)27(29)36-15-13-35(14-16-36)20(2)3/h5-12,17-20,26,29,34H,4,13-16H2,1-3H3,(H,31,32,33). The van der Waals surface area contributed by atoms with Crippen LogP contribution >= 0.6 is 0 Å². The number of nitrogens with zero attached hydrogens (tertiary/aromatic N) is 6. The summed E-state index contributed by atoms with van der Waals surface area (Å²) >= 11 is 0. The molecular weight excluding hydrogens is 462 g/mol. The fourth-order valence-electron chi connectivity index (χ4n) is 4.81. The van der Waals surface area contributed by atoms with Gasteiger partial charge in [-0.1, -0.05) is 18.2 Å². The smallest absolute Gasteiger partial charge is 0.227 e. The van der Waals surface area contributed by atoms with Crippen molar-refractivity contribution in [3.63, 3.8) is 0 Å². The van der Waals surface area contributed by atoms with Crippen LogP contribution < -0.4 is 10.7 Å². The molecule has 5 rings (SSSR count). The van der Waals surface area contributed by atoms with Gasteiger partial charge in [-0.15, -0.1) is 0 Å². The lowest BCUT2D eigenvalue weighted by atomic mass is 10.00. The third-order valence-electron chi connectivity index (χ3n) is 6.96. The quantitative estimate of drug-likeness (QED) is 0.334. The first-order valence-corrected chi connectivity index (χ1v) is 12.9. The number of rotatable bonds is 7. The van der Waals surface area contributed by atoms with Crippen LogP contribution in [0.3, 0.4) is 0 Å². The third kappa shape index (κ3) is 5.63. The zero-order valence-electron chi connectivity index (χ0n) is 21.7. The van der Waals surface area contributed by atoms with Crippen LogP contribution in [-0.2, 0) is 0 Å². The Labute approximate surface area is 218 Å². The molecular formula is C28H35N9. The number of nitrogens with one attached hydrogen (secondary N) is 3. The van der Waals surface area contributed by atoms with Gasteiger partial charge in [-0.3, -0.25) is 15.3 Å². The molecule has 1 aromatic carbocycles. The number of benzene rings is 1. The molecule has 0 radical (unpaired) electrons. The van der Waals surface area contributed by atoms with Crippen LogP contribution in [-0.4, -0.2) is 74.4 Å². The van der Waals surface area contributed by atoms with Crippen molar-refractivity contribution in [3.8, 4) is 0 Å². The van der Waals surface area contributed by atoms with Crippen molar-refractivity contribution < 1.29 is 0 Å². The van der Waals surface area contributed by atoms with Crippen LogP contribution in [0.4, 0.5) is 11.6 Å². The molecule has 1 saturated heterocycles. The zero-order valence-corrected chi connectivity index (χ0v) is 21.7. The van der Waals surface area contributed by atoms with Crippen LogP contribution in [0.15, 0.2) is 67.3 Å². The van der Waals surface area contributed by atoms with Crippen molar-refractivity contribution in [2.24, 2.45) is 0 Å². The number of hydrogen-bond donors (Lipinski definition) is 3. The number of amidine groups is 1. The molecule has 0 amide bonds. The minimum absolute atomic E-state index is 0.0311. The maximum absolute atomic E-state index is 8.79. The van der Waals surface area contributed by atoms with Gasteiger partial charge in [-0.2, -0.15) is 0 Å². The van der Waals surface area contributed by atoms with Gasteiger partial charge in [-0.25, -0.2) is 15.4 Å². The molecule has 1 fully saturated rings. The van der Waals surface area contributed by atoms with Gasteiger partial charge < -0.3 is 15.2 Å². The highest BCUT2D eigenvalue weighted by molar-refractivity contribution is 5.97. The van der Waals surface area contributed by atoms with Crippen LogP contribution in [0.5, 0.6) is 0 Å². The summed E-state index contributed by atoms with van der Waals surface area (Å²) in [5.74, 6) is 1.08. The van der Waals surface area contributed by atoms with Crippen molar-refractivity contribution in [3.05, 3.63) is 84.1 Å². The van der Waals surface area contributed by atoms with Crippen molar-refractivity contribution in [2.45, 2.75) is 32.9 Å². The first-order valence-electron chi connectivity index (χ1n) is 12.9. The lowest BCUT2D eigenvalue weighted by Gasteiger charge is -2.38. The molecule has 2 aliphatic heterocycles. The summed E-state index contributed by atoms with van der Waals surface area (Å²) < 4.78 is 0. The Kier molecular flexibility index (Phi) is 7.43. The topological polar surface area (TPSA) is 96.3 Å². The molecule has 37 heavy (non-hydrogen) atoms. The van der Waals surface area contributed by atoms with E-state index in [1.807, 2.05) is 42.6 Å². The molecule has 0 aliphatic carbocycles. The van der Waals surface area contributed by atoms with Crippen LogP contribution in [0.1, 0.15) is 43.6 Å². The van der Waals surface area contributed by atoms with E-state index in [4.69, 9.17) is 10.4 Å². The summed E-state index contributed by atoms with van der Waals surface area (Å²) in [6.45, 7) is 11.1. The Morgan fingerprint density at radius 1 is 1.11 bits per heavy atom. The SMILES string of the molecule is CCN1C=C(c2ccnc(Nc3cccc(C(=N)N4CCN(C(C)C)CC4)c3)n2)C(c2cccnc2)N1. The summed E-state index contributed by atoms with van der Waals surface area (Å²) in [5, 5.41) is 14.2. The molecule has 0 saturated carbocycles. The van der Waals surface area contributed by atoms with E-state index < -0.39 is 0 Å². The Hall–Kier alpha value is -3.82. The maximum atomic E-state index is 8.79. The first-order chi connectivity index (χ1) is 18.0. The number of anilines is 2. The number of hydrazine groups is 1. The van der Waals surface area contributed by atoms with Gasteiger partial charge in [0, 0.05) is 80.4 Å². The lowest BCUT2D eigenvalue weighted by molar-refractivity contribution is 0.148. The minimum atomic E-state index is -0.0311. The van der Waals surface area contributed by atoms with Gasteiger partial charge >= 0.3 is 0 Å². The number of aromatic nitrogens is 3. The van der Waals surface area contributed by atoms with Gasteiger partial charge in [0.15, 0.2) is 0 Å². The highest BCUT2D eigenvalue weighted by Crippen LogP contribution is 2.33. The summed E-state index contributed by atoms with van der Waals surface area (Å²) in [6, 6.07) is 14.4. The van der Waals surface area contributed by atoms with E-state index in [1.165, 1.54) is 0 Å². The van der Waals surface area contributed by atoms with E-state index >= 15 is 0 Å². The third-order valence-corrected chi connectivity index (χ3v) is 6.96. The fourth-order valence-corrected chi connectivity index (χ4v) is 4.81. The molecule has 9 nitrogen and oxygen atoms in total. The minimum Gasteiger partial charge on any atom is -0.354 e. The van der Waals surface area contributed by atoms with Crippen molar-refractivity contribution in [2.75, 3.05) is 38.0 Å². The molecule has 2 aliphatic rings. The van der Waals surface area contributed by atoms with Crippen molar-refractivity contribution >= 4 is 23.0 Å². The molecule has 192 valence electrons. The van der Waals surface area contributed by atoms with Crippen LogP contribution in [0.25, 0.3) is 5.57 Å². The van der Waals surface area contributed by atoms with Crippen molar-refractivity contribution in [1.82, 2.24) is 35.2 Å². The molecule has 4 heterocycles. The number of piperazine rings is 1. The number of hydrogen-bond acceptors (Lipinski definition) is 8.